The van der Waals surface area contributed by atoms with Crippen molar-refractivity contribution in [3.05, 3.63) is 47.0 Å². The van der Waals surface area contributed by atoms with E-state index >= 15 is 0 Å². The lowest BCUT2D eigenvalue weighted by molar-refractivity contribution is 0.0954. The molecule has 0 saturated carbocycles. The van der Waals surface area contributed by atoms with Crippen LogP contribution >= 0.6 is 0 Å². The van der Waals surface area contributed by atoms with Gasteiger partial charge >= 0.3 is 0 Å². The first kappa shape index (κ1) is 12.8. The molecule has 1 aliphatic rings. The van der Waals surface area contributed by atoms with Crippen LogP contribution in [0.3, 0.4) is 0 Å². The summed E-state index contributed by atoms with van der Waals surface area (Å²) in [7, 11) is 1.89. The quantitative estimate of drug-likeness (QED) is 0.844. The van der Waals surface area contributed by atoms with Crippen LogP contribution in [0.5, 0.6) is 0 Å². The molecule has 3 rings (SSSR count). The molecule has 0 radical (unpaired) electrons. The molecule has 0 saturated heterocycles. The predicted molar refractivity (Wildman–Crippen MR) is 74.0 cm³/mol. The summed E-state index contributed by atoms with van der Waals surface area (Å²) in [5, 5.41) is 14.0. The largest absolute Gasteiger partial charge is 0.352 e. The number of amides is 1. The topological polar surface area (TPSA) is 71.8 Å². The Balaban J connectivity index is 1.58. The molecule has 1 aromatic carbocycles. The summed E-state index contributed by atoms with van der Waals surface area (Å²) in [6.45, 7) is 2.29. The van der Waals surface area contributed by atoms with Gasteiger partial charge in [0.1, 0.15) is 12.2 Å². The number of benzene rings is 1. The summed E-state index contributed by atoms with van der Waals surface area (Å²) in [4.78, 5) is 12.1. The van der Waals surface area contributed by atoms with E-state index in [0.717, 1.165) is 18.9 Å². The van der Waals surface area contributed by atoms with Crippen molar-refractivity contribution in [2.75, 3.05) is 6.54 Å². The third-order valence-corrected chi connectivity index (χ3v) is 3.54. The summed E-state index contributed by atoms with van der Waals surface area (Å²) in [5.41, 5.74) is 3.21. The van der Waals surface area contributed by atoms with Crippen LogP contribution in [0, 0.1) is 0 Å². The molecule has 0 fully saturated rings. The Bertz CT molecular complexity index is 634. The van der Waals surface area contributed by atoms with Crippen LogP contribution < -0.4 is 10.6 Å². The number of carbonyl (C=O) groups excluding carboxylic acids is 1. The summed E-state index contributed by atoms with van der Waals surface area (Å²) < 4.78 is 1.85. The number of hydrogen-bond acceptors (Lipinski definition) is 4. The highest BCUT2D eigenvalue weighted by Crippen LogP contribution is 2.16. The van der Waals surface area contributed by atoms with E-state index in [9.17, 15) is 4.79 Å². The average Bonchev–Trinajstić information content (AvgIpc) is 3.07. The van der Waals surface area contributed by atoms with Gasteiger partial charge < -0.3 is 15.2 Å². The highest BCUT2D eigenvalue weighted by molar-refractivity contribution is 5.94. The molecule has 0 bridgehead atoms. The Morgan fingerprint density at radius 1 is 1.40 bits per heavy atom. The monoisotopic (exact) mass is 271 g/mol. The Hall–Kier alpha value is -2.21. The molecule has 2 heterocycles. The molecule has 104 valence electrons. The normalized spacial score (nSPS) is 13.2. The van der Waals surface area contributed by atoms with Gasteiger partial charge in [0.25, 0.3) is 5.91 Å². The highest BCUT2D eigenvalue weighted by atomic mass is 16.1. The van der Waals surface area contributed by atoms with Gasteiger partial charge in [-0.1, -0.05) is 6.07 Å². The summed E-state index contributed by atoms with van der Waals surface area (Å²) in [6, 6.07) is 5.86. The Morgan fingerprint density at radius 2 is 2.25 bits per heavy atom. The number of aromatic nitrogens is 3. The lowest BCUT2D eigenvalue weighted by Gasteiger charge is -2.06. The molecule has 2 N–H and O–H groups in total. The lowest BCUT2D eigenvalue weighted by atomic mass is 10.1. The third-order valence-electron chi connectivity index (χ3n) is 3.54. The molecule has 0 aliphatic carbocycles. The second-order valence-electron chi connectivity index (χ2n) is 4.95. The van der Waals surface area contributed by atoms with Gasteiger partial charge in [-0.15, -0.1) is 10.2 Å². The fraction of sp³-hybridized carbons (Fsp3) is 0.357. The third kappa shape index (κ3) is 2.55. The maximum atomic E-state index is 12.1. The number of rotatable bonds is 4. The number of hydrogen-bond donors (Lipinski definition) is 2. The maximum absolute atomic E-state index is 12.1. The van der Waals surface area contributed by atoms with Crippen LogP contribution in [0.15, 0.2) is 24.5 Å². The van der Waals surface area contributed by atoms with Crippen molar-refractivity contribution in [2.45, 2.75) is 19.5 Å². The highest BCUT2D eigenvalue weighted by Gasteiger charge is 2.13. The van der Waals surface area contributed by atoms with Crippen LogP contribution in [0.25, 0.3) is 0 Å². The number of carbonyl (C=O) groups is 1. The van der Waals surface area contributed by atoms with E-state index in [4.69, 9.17) is 0 Å². The van der Waals surface area contributed by atoms with Crippen molar-refractivity contribution < 1.29 is 4.79 Å². The molecule has 20 heavy (non-hydrogen) atoms. The lowest BCUT2D eigenvalue weighted by Crippen LogP contribution is -2.26. The van der Waals surface area contributed by atoms with Gasteiger partial charge in [0.15, 0.2) is 0 Å². The van der Waals surface area contributed by atoms with E-state index in [1.54, 1.807) is 6.33 Å². The Morgan fingerprint density at radius 3 is 3.05 bits per heavy atom. The standard InChI is InChI=1S/C14H17N5O/c1-19-9-17-18-13(19)4-5-16-14(20)10-2-3-11-7-15-8-12(11)6-10/h2-3,6,9,15H,4-5,7-8H2,1H3,(H,16,20). The fourth-order valence-electron chi connectivity index (χ4n) is 2.36. The second-order valence-corrected chi connectivity index (χ2v) is 4.95. The van der Waals surface area contributed by atoms with Crippen molar-refractivity contribution in [2.24, 2.45) is 7.05 Å². The zero-order valence-electron chi connectivity index (χ0n) is 11.4. The number of fused-ring (bicyclic) bond motifs is 1. The Labute approximate surface area is 117 Å². The second kappa shape index (κ2) is 5.42. The van der Waals surface area contributed by atoms with E-state index in [1.165, 1.54) is 11.1 Å². The summed E-state index contributed by atoms with van der Waals surface area (Å²) in [5.74, 6) is 0.824. The molecule has 0 spiro atoms. The molecular weight excluding hydrogens is 254 g/mol. The zero-order valence-corrected chi connectivity index (χ0v) is 11.4. The first-order valence-corrected chi connectivity index (χ1v) is 6.67. The smallest absolute Gasteiger partial charge is 0.251 e. The number of nitrogens with one attached hydrogen (secondary N) is 2. The molecule has 1 aliphatic heterocycles. The fourth-order valence-corrected chi connectivity index (χ4v) is 2.36. The van der Waals surface area contributed by atoms with Crippen molar-refractivity contribution in [3.8, 4) is 0 Å². The molecular formula is C14H17N5O. The molecule has 0 unspecified atom stereocenters. The van der Waals surface area contributed by atoms with E-state index in [2.05, 4.69) is 20.8 Å². The summed E-state index contributed by atoms with van der Waals surface area (Å²) in [6.07, 6.45) is 2.33. The van der Waals surface area contributed by atoms with Crippen molar-refractivity contribution in [3.63, 3.8) is 0 Å². The van der Waals surface area contributed by atoms with Gasteiger partial charge in [0.05, 0.1) is 0 Å². The predicted octanol–water partition coefficient (Wildman–Crippen LogP) is 0.391. The van der Waals surface area contributed by atoms with Gasteiger partial charge in [-0.25, -0.2) is 0 Å². The summed E-state index contributed by atoms with van der Waals surface area (Å²) >= 11 is 0. The van der Waals surface area contributed by atoms with Crippen molar-refractivity contribution in [1.82, 2.24) is 25.4 Å². The first-order valence-electron chi connectivity index (χ1n) is 6.67. The van der Waals surface area contributed by atoms with E-state index in [0.29, 0.717) is 18.5 Å². The van der Waals surface area contributed by atoms with Gasteiger partial charge in [0, 0.05) is 38.7 Å². The van der Waals surface area contributed by atoms with Crippen LogP contribution in [-0.4, -0.2) is 27.2 Å². The van der Waals surface area contributed by atoms with Crippen LogP contribution in [0.2, 0.25) is 0 Å². The number of aryl methyl sites for hydroxylation is 1. The Kier molecular flexibility index (Phi) is 3.47. The molecule has 1 amide bonds. The number of nitrogens with zero attached hydrogens (tertiary/aromatic N) is 3. The molecule has 6 nitrogen and oxygen atoms in total. The molecule has 1 aromatic heterocycles. The molecule has 0 atom stereocenters. The van der Waals surface area contributed by atoms with E-state index < -0.39 is 0 Å². The van der Waals surface area contributed by atoms with Gasteiger partial charge in [0.2, 0.25) is 0 Å². The van der Waals surface area contributed by atoms with Crippen molar-refractivity contribution >= 4 is 5.91 Å². The first-order chi connectivity index (χ1) is 9.74. The minimum Gasteiger partial charge on any atom is -0.352 e. The van der Waals surface area contributed by atoms with Crippen LogP contribution in [-0.2, 0) is 26.6 Å². The van der Waals surface area contributed by atoms with E-state index in [1.807, 2.05) is 29.8 Å². The van der Waals surface area contributed by atoms with Crippen LogP contribution in [0.1, 0.15) is 27.3 Å². The minimum atomic E-state index is -0.0399. The van der Waals surface area contributed by atoms with Gasteiger partial charge in [-0.05, 0) is 23.3 Å². The molecule has 6 heteroatoms. The van der Waals surface area contributed by atoms with Crippen LogP contribution in [0.4, 0.5) is 0 Å². The van der Waals surface area contributed by atoms with Gasteiger partial charge in [-0.2, -0.15) is 0 Å². The SMILES string of the molecule is Cn1cnnc1CCNC(=O)c1ccc2c(c1)CNC2. The molecule has 2 aromatic rings. The van der Waals surface area contributed by atoms with Gasteiger partial charge in [-0.3, -0.25) is 4.79 Å². The maximum Gasteiger partial charge on any atom is 0.251 e. The average molecular weight is 271 g/mol. The van der Waals surface area contributed by atoms with Crippen molar-refractivity contribution in [1.29, 1.82) is 0 Å². The van der Waals surface area contributed by atoms with E-state index in [-0.39, 0.29) is 5.91 Å². The minimum absolute atomic E-state index is 0.0399. The zero-order chi connectivity index (χ0) is 13.9.